The first kappa shape index (κ1) is 18.2. The van der Waals surface area contributed by atoms with Crippen LogP contribution in [0.5, 0.6) is 0 Å². The average molecular weight is 338 g/mol. The maximum absolute atomic E-state index is 12.6. The number of morpholine rings is 1. The molecule has 2 N–H and O–H groups in total. The Morgan fingerprint density at radius 2 is 1.92 bits per heavy atom. The predicted molar refractivity (Wildman–Crippen MR) is 96.0 cm³/mol. The van der Waals surface area contributed by atoms with E-state index < -0.39 is 0 Å². The zero-order valence-corrected chi connectivity index (χ0v) is 15.5. The minimum atomic E-state index is -0.0816. The molecule has 138 valence electrons. The second-order valence-electron chi connectivity index (χ2n) is 8.56. The monoisotopic (exact) mass is 337 g/mol. The Labute approximate surface area is 146 Å². The maximum atomic E-state index is 12.6. The molecule has 0 aromatic heterocycles. The van der Waals surface area contributed by atoms with Gasteiger partial charge in [-0.25, -0.2) is 0 Å². The number of ether oxygens (including phenoxy) is 1. The number of nitrogens with zero attached hydrogens (tertiary/aromatic N) is 1. The zero-order valence-electron chi connectivity index (χ0n) is 15.5. The molecule has 0 unspecified atom stereocenters. The van der Waals surface area contributed by atoms with Crippen LogP contribution in [-0.2, 0) is 9.53 Å². The van der Waals surface area contributed by atoms with Gasteiger partial charge >= 0.3 is 0 Å². The molecule has 2 aliphatic heterocycles. The van der Waals surface area contributed by atoms with Crippen LogP contribution in [0.1, 0.15) is 58.8 Å². The molecule has 0 aromatic rings. The SMILES string of the molecule is CC1(C)CN(C2(CNC(=O)C3CCNCC3)CCCCC2)CCO1. The Morgan fingerprint density at radius 1 is 1.21 bits per heavy atom. The molecular formula is C19H35N3O2. The lowest BCUT2D eigenvalue weighted by Crippen LogP contribution is -2.63. The maximum Gasteiger partial charge on any atom is 0.223 e. The first-order chi connectivity index (χ1) is 11.5. The predicted octanol–water partition coefficient (Wildman–Crippen LogP) is 1.92. The molecule has 5 heteroatoms. The van der Waals surface area contributed by atoms with Gasteiger partial charge in [0.1, 0.15) is 0 Å². The Bertz CT molecular complexity index is 426. The summed E-state index contributed by atoms with van der Waals surface area (Å²) in [5, 5.41) is 6.68. The smallest absolute Gasteiger partial charge is 0.223 e. The highest BCUT2D eigenvalue weighted by molar-refractivity contribution is 5.78. The summed E-state index contributed by atoms with van der Waals surface area (Å²) in [5.74, 6) is 0.474. The van der Waals surface area contributed by atoms with E-state index in [1.165, 1.54) is 32.1 Å². The number of hydrogen-bond donors (Lipinski definition) is 2. The normalized spacial score (nSPS) is 28.4. The number of piperidine rings is 1. The van der Waals surface area contributed by atoms with Crippen LogP contribution < -0.4 is 10.6 Å². The van der Waals surface area contributed by atoms with Gasteiger partial charge in [0.25, 0.3) is 0 Å². The Kier molecular flexibility index (Phi) is 5.83. The summed E-state index contributed by atoms with van der Waals surface area (Å²) >= 11 is 0. The highest BCUT2D eigenvalue weighted by Crippen LogP contribution is 2.36. The lowest BCUT2D eigenvalue weighted by atomic mass is 9.79. The Hall–Kier alpha value is -0.650. The largest absolute Gasteiger partial charge is 0.373 e. The van der Waals surface area contributed by atoms with E-state index in [9.17, 15) is 4.79 Å². The lowest BCUT2D eigenvalue weighted by Gasteiger charge is -2.51. The van der Waals surface area contributed by atoms with Gasteiger partial charge < -0.3 is 15.4 Å². The van der Waals surface area contributed by atoms with Gasteiger partial charge in [0.15, 0.2) is 0 Å². The third-order valence-corrected chi connectivity index (χ3v) is 6.18. The van der Waals surface area contributed by atoms with Gasteiger partial charge in [-0.1, -0.05) is 19.3 Å². The first-order valence-electron chi connectivity index (χ1n) is 9.88. The van der Waals surface area contributed by atoms with Crippen LogP contribution >= 0.6 is 0 Å². The third-order valence-electron chi connectivity index (χ3n) is 6.18. The molecular weight excluding hydrogens is 302 g/mol. The van der Waals surface area contributed by atoms with Crippen LogP contribution in [0.25, 0.3) is 0 Å². The molecule has 2 heterocycles. The van der Waals surface area contributed by atoms with Crippen molar-refractivity contribution in [2.45, 2.75) is 69.9 Å². The summed E-state index contributed by atoms with van der Waals surface area (Å²) in [4.78, 5) is 15.2. The number of amides is 1. The van der Waals surface area contributed by atoms with Gasteiger partial charge in [-0.2, -0.15) is 0 Å². The van der Waals surface area contributed by atoms with Crippen LogP contribution in [0, 0.1) is 5.92 Å². The fourth-order valence-electron chi connectivity index (χ4n) is 4.72. The van der Waals surface area contributed by atoms with Crippen molar-refractivity contribution in [1.82, 2.24) is 15.5 Å². The zero-order chi connectivity index (χ0) is 17.0. The molecule has 1 amide bonds. The highest BCUT2D eigenvalue weighted by atomic mass is 16.5. The molecule has 0 aromatic carbocycles. The lowest BCUT2D eigenvalue weighted by molar-refractivity contribution is -0.132. The van der Waals surface area contributed by atoms with E-state index in [0.717, 1.165) is 52.2 Å². The molecule has 24 heavy (non-hydrogen) atoms. The molecule has 0 bridgehead atoms. The molecule has 3 rings (SSSR count). The summed E-state index contributed by atoms with van der Waals surface area (Å²) in [7, 11) is 0. The molecule has 1 aliphatic carbocycles. The number of carbonyl (C=O) groups excluding carboxylic acids is 1. The fourth-order valence-corrected chi connectivity index (χ4v) is 4.72. The molecule has 2 saturated heterocycles. The van der Waals surface area contributed by atoms with Crippen molar-refractivity contribution in [3.63, 3.8) is 0 Å². The van der Waals surface area contributed by atoms with Crippen molar-refractivity contribution < 1.29 is 9.53 Å². The van der Waals surface area contributed by atoms with Gasteiger partial charge in [0, 0.05) is 31.1 Å². The van der Waals surface area contributed by atoms with E-state index in [1.807, 2.05) is 0 Å². The van der Waals surface area contributed by atoms with E-state index in [-0.39, 0.29) is 23.0 Å². The highest BCUT2D eigenvalue weighted by Gasteiger charge is 2.42. The van der Waals surface area contributed by atoms with Crippen molar-refractivity contribution in [1.29, 1.82) is 0 Å². The molecule has 0 spiro atoms. The van der Waals surface area contributed by atoms with Crippen molar-refractivity contribution in [2.24, 2.45) is 5.92 Å². The van der Waals surface area contributed by atoms with Crippen LogP contribution in [-0.4, -0.2) is 61.3 Å². The van der Waals surface area contributed by atoms with Crippen LogP contribution in [0.2, 0.25) is 0 Å². The number of rotatable bonds is 4. The standard InChI is InChI=1S/C19H35N3O2/c1-18(2)15-22(12-13-24-18)19(8-4-3-5-9-19)14-21-17(23)16-6-10-20-11-7-16/h16,20H,3-15H2,1-2H3,(H,21,23). The minimum absolute atomic E-state index is 0.0816. The summed E-state index contributed by atoms with van der Waals surface area (Å²) in [6, 6.07) is 0. The molecule has 3 fully saturated rings. The molecule has 5 nitrogen and oxygen atoms in total. The second-order valence-corrected chi connectivity index (χ2v) is 8.56. The summed E-state index contributed by atoms with van der Waals surface area (Å²) in [6.45, 7) is 9.89. The van der Waals surface area contributed by atoms with E-state index in [1.54, 1.807) is 0 Å². The third kappa shape index (κ3) is 4.30. The molecule has 0 radical (unpaired) electrons. The summed E-state index contributed by atoms with van der Waals surface area (Å²) < 4.78 is 5.92. The van der Waals surface area contributed by atoms with Crippen molar-refractivity contribution >= 4 is 5.91 Å². The van der Waals surface area contributed by atoms with Gasteiger partial charge in [0.05, 0.1) is 12.2 Å². The van der Waals surface area contributed by atoms with E-state index in [0.29, 0.717) is 0 Å². The van der Waals surface area contributed by atoms with Crippen molar-refractivity contribution in [3.05, 3.63) is 0 Å². The molecule has 0 atom stereocenters. The van der Waals surface area contributed by atoms with E-state index >= 15 is 0 Å². The van der Waals surface area contributed by atoms with Crippen LogP contribution in [0.15, 0.2) is 0 Å². The molecule has 3 aliphatic rings. The second kappa shape index (κ2) is 7.71. The quantitative estimate of drug-likeness (QED) is 0.823. The topological polar surface area (TPSA) is 53.6 Å². The van der Waals surface area contributed by atoms with Gasteiger partial charge in [0.2, 0.25) is 5.91 Å². The van der Waals surface area contributed by atoms with Crippen LogP contribution in [0.4, 0.5) is 0 Å². The summed E-state index contributed by atoms with van der Waals surface area (Å²) in [5.41, 5.74) is 0.0591. The molecule has 1 saturated carbocycles. The van der Waals surface area contributed by atoms with Gasteiger partial charge in [-0.15, -0.1) is 0 Å². The Balaban J connectivity index is 1.63. The minimum Gasteiger partial charge on any atom is -0.373 e. The summed E-state index contributed by atoms with van der Waals surface area (Å²) in [6.07, 6.45) is 8.25. The number of nitrogens with one attached hydrogen (secondary N) is 2. The Morgan fingerprint density at radius 3 is 2.58 bits per heavy atom. The van der Waals surface area contributed by atoms with Crippen molar-refractivity contribution in [3.8, 4) is 0 Å². The van der Waals surface area contributed by atoms with E-state index in [4.69, 9.17) is 4.74 Å². The fraction of sp³-hybridized carbons (Fsp3) is 0.947. The van der Waals surface area contributed by atoms with Gasteiger partial charge in [-0.3, -0.25) is 9.69 Å². The van der Waals surface area contributed by atoms with E-state index in [2.05, 4.69) is 29.4 Å². The first-order valence-corrected chi connectivity index (χ1v) is 9.88. The van der Waals surface area contributed by atoms with Gasteiger partial charge in [-0.05, 0) is 52.6 Å². The average Bonchev–Trinajstić information content (AvgIpc) is 2.60. The van der Waals surface area contributed by atoms with Crippen molar-refractivity contribution in [2.75, 3.05) is 39.3 Å². The van der Waals surface area contributed by atoms with Crippen LogP contribution in [0.3, 0.4) is 0 Å². The number of carbonyl (C=O) groups is 1. The number of hydrogen-bond acceptors (Lipinski definition) is 4.